The monoisotopic (exact) mass is 342 g/mol. The van der Waals surface area contributed by atoms with E-state index in [0.717, 1.165) is 12.1 Å². The molecule has 4 N–H and O–H groups in total. The largest absolute Gasteiger partial charge is 0.433 e. The van der Waals surface area contributed by atoms with E-state index in [4.69, 9.17) is 15.0 Å². The van der Waals surface area contributed by atoms with E-state index in [2.05, 4.69) is 10.8 Å². The Bertz CT molecular complexity index is 613. The van der Waals surface area contributed by atoms with Crippen molar-refractivity contribution in [1.29, 1.82) is 0 Å². The van der Waals surface area contributed by atoms with E-state index in [9.17, 15) is 24.5 Å². The number of nitrogens with one attached hydrogen (secondary N) is 2. The van der Waals surface area contributed by atoms with Gasteiger partial charge in [0.1, 0.15) is 16.7 Å². The quantitative estimate of drug-likeness (QED) is 0.140. The van der Waals surface area contributed by atoms with Crippen molar-refractivity contribution >= 4 is 23.2 Å². The minimum absolute atomic E-state index is 0.0132. The lowest BCUT2D eigenvalue weighted by molar-refractivity contribution is -0.402. The van der Waals surface area contributed by atoms with Crippen LogP contribution in [-0.2, 0) is 14.4 Å². The third-order valence-electron chi connectivity index (χ3n) is 2.75. The predicted octanol–water partition coefficient (Wildman–Crippen LogP) is -1.03. The second-order valence-electron chi connectivity index (χ2n) is 4.75. The summed E-state index contributed by atoms with van der Waals surface area (Å²) in [7, 11) is 0. The smallest absolute Gasteiger partial charge is 0.397 e. The molecule has 0 amide bonds. The van der Waals surface area contributed by atoms with E-state index in [1.54, 1.807) is 0 Å². The first-order valence-corrected chi connectivity index (χ1v) is 6.94. The fourth-order valence-corrected chi connectivity index (χ4v) is 1.55. The Kier molecular flexibility index (Phi) is 7.85. The highest BCUT2D eigenvalue weighted by Crippen LogP contribution is 2.16. The van der Waals surface area contributed by atoms with Gasteiger partial charge in [0, 0.05) is 6.54 Å². The van der Waals surface area contributed by atoms with E-state index >= 15 is 0 Å². The molecule has 0 aliphatic rings. The zero-order valence-electron chi connectivity index (χ0n) is 12.9. The van der Waals surface area contributed by atoms with Crippen LogP contribution in [0.5, 0.6) is 0 Å². The van der Waals surface area contributed by atoms with Crippen molar-refractivity contribution in [2.24, 2.45) is 5.73 Å². The van der Waals surface area contributed by atoms with Crippen molar-refractivity contribution in [3.05, 3.63) is 28.0 Å². The molecule has 24 heavy (non-hydrogen) atoms. The first kappa shape index (κ1) is 19.6. The van der Waals surface area contributed by atoms with Gasteiger partial charge in [-0.3, -0.25) is 24.5 Å². The molecule has 11 nitrogen and oxygen atoms in total. The summed E-state index contributed by atoms with van der Waals surface area (Å²) in [4.78, 5) is 48.9. The van der Waals surface area contributed by atoms with Gasteiger partial charge in [-0.15, -0.1) is 0 Å². The van der Waals surface area contributed by atoms with Crippen molar-refractivity contribution in [3.8, 4) is 0 Å². The first-order valence-electron chi connectivity index (χ1n) is 6.94. The molecule has 11 heteroatoms. The Hall–Kier alpha value is -2.47. The van der Waals surface area contributed by atoms with Crippen LogP contribution < -0.4 is 16.5 Å². The predicted molar refractivity (Wildman–Crippen MR) is 80.2 cm³/mol. The minimum atomic E-state index is -1.53. The molecular formula is C13H18N4O7. The molecule has 0 aromatic carbocycles. The maximum Gasteiger partial charge on any atom is 0.433 e. The Morgan fingerprint density at radius 2 is 2.08 bits per heavy atom. The Balaban J connectivity index is 2.32. The second kappa shape index (κ2) is 9.62. The van der Waals surface area contributed by atoms with Crippen LogP contribution in [0.3, 0.4) is 0 Å². The van der Waals surface area contributed by atoms with Crippen molar-refractivity contribution in [1.82, 2.24) is 10.8 Å². The summed E-state index contributed by atoms with van der Waals surface area (Å²) in [6.45, 7) is 1.91. The van der Waals surface area contributed by atoms with Gasteiger partial charge < -0.3 is 20.3 Å². The van der Waals surface area contributed by atoms with Crippen LogP contribution in [0.1, 0.15) is 17.5 Å². The van der Waals surface area contributed by atoms with Gasteiger partial charge in [0.25, 0.3) is 0 Å². The number of nitrogens with two attached hydrogens (primary N) is 1. The van der Waals surface area contributed by atoms with E-state index in [-0.39, 0.29) is 31.2 Å². The number of hydrogen-bond acceptors (Lipinski definition) is 10. The van der Waals surface area contributed by atoms with Gasteiger partial charge in [-0.05, 0) is 13.0 Å². The molecule has 1 aromatic rings. The lowest BCUT2D eigenvalue weighted by atomic mass is 10.1. The van der Waals surface area contributed by atoms with Crippen LogP contribution in [0.4, 0.5) is 5.88 Å². The van der Waals surface area contributed by atoms with Gasteiger partial charge in [-0.1, -0.05) is 0 Å². The Morgan fingerprint density at radius 1 is 1.38 bits per heavy atom. The summed E-state index contributed by atoms with van der Waals surface area (Å²) in [6, 6.07) is 0.556. The first-order chi connectivity index (χ1) is 11.3. The third kappa shape index (κ3) is 6.34. The summed E-state index contributed by atoms with van der Waals surface area (Å²) < 4.78 is 4.70. The van der Waals surface area contributed by atoms with Crippen LogP contribution >= 0.6 is 0 Å². The normalized spacial score (nSPS) is 11.9. The molecule has 1 aromatic heterocycles. The van der Waals surface area contributed by atoms with Crippen LogP contribution in [-0.4, -0.2) is 54.6 Å². The summed E-state index contributed by atoms with van der Waals surface area (Å²) in [5.74, 6) is -2.52. The molecule has 0 bridgehead atoms. The number of nitrogens with zero attached hydrogens (tertiary/aromatic N) is 1. The average Bonchev–Trinajstić information content (AvgIpc) is 3.02. The maximum atomic E-state index is 11.9. The number of ketones is 3. The number of rotatable bonds is 12. The summed E-state index contributed by atoms with van der Waals surface area (Å²) in [6.07, 6.45) is 0. The van der Waals surface area contributed by atoms with E-state index in [0.29, 0.717) is 6.54 Å². The Labute approximate surface area is 136 Å². The number of nitro groups is 1. The molecule has 0 radical (unpaired) electrons. The van der Waals surface area contributed by atoms with Crippen LogP contribution in [0, 0.1) is 10.1 Å². The number of Topliss-reactive ketones (excluding diaryl/α,β-unsaturated/α-hetero) is 3. The van der Waals surface area contributed by atoms with Gasteiger partial charge in [-0.25, -0.2) is 0 Å². The van der Waals surface area contributed by atoms with Crippen LogP contribution in [0.2, 0.25) is 0 Å². The SMILES string of the molecule is CC(=O)CNCCONCC(=O)C(N)C(=O)c1ccc([N+](=O)[O-])o1. The zero-order valence-corrected chi connectivity index (χ0v) is 12.9. The van der Waals surface area contributed by atoms with Crippen molar-refractivity contribution < 1.29 is 28.6 Å². The molecule has 0 fully saturated rings. The molecule has 132 valence electrons. The highest BCUT2D eigenvalue weighted by atomic mass is 16.7. The molecule has 0 spiro atoms. The minimum Gasteiger partial charge on any atom is -0.397 e. The molecule has 1 unspecified atom stereocenters. The summed E-state index contributed by atoms with van der Waals surface area (Å²) >= 11 is 0. The van der Waals surface area contributed by atoms with Crippen molar-refractivity contribution in [2.45, 2.75) is 13.0 Å². The number of hydrogen-bond donors (Lipinski definition) is 3. The molecule has 0 saturated carbocycles. The standard InChI is InChI=1S/C13H18N4O7/c1-8(18)6-15-4-5-23-16-7-9(19)12(14)13(20)10-2-3-11(24-10)17(21)22/h2-3,12,15-16H,4-7,14H2,1H3. The molecule has 1 rings (SSSR count). The molecule has 1 atom stereocenters. The fourth-order valence-electron chi connectivity index (χ4n) is 1.55. The highest BCUT2D eigenvalue weighted by molar-refractivity contribution is 6.13. The lowest BCUT2D eigenvalue weighted by Crippen LogP contribution is -2.43. The van der Waals surface area contributed by atoms with E-state index < -0.39 is 28.4 Å². The molecule has 0 aliphatic heterocycles. The van der Waals surface area contributed by atoms with Crippen LogP contribution in [0.25, 0.3) is 0 Å². The van der Waals surface area contributed by atoms with Crippen molar-refractivity contribution in [2.75, 3.05) is 26.2 Å². The fraction of sp³-hybridized carbons (Fsp3) is 0.462. The van der Waals surface area contributed by atoms with Gasteiger partial charge in [-0.2, -0.15) is 5.48 Å². The second-order valence-corrected chi connectivity index (χ2v) is 4.75. The summed E-state index contributed by atoms with van der Waals surface area (Å²) in [5, 5.41) is 13.3. The van der Waals surface area contributed by atoms with Gasteiger partial charge >= 0.3 is 5.88 Å². The lowest BCUT2D eigenvalue weighted by Gasteiger charge is -2.09. The number of carbonyl (C=O) groups is 3. The zero-order chi connectivity index (χ0) is 18.1. The van der Waals surface area contributed by atoms with Crippen LogP contribution in [0.15, 0.2) is 16.5 Å². The average molecular weight is 342 g/mol. The number of furan rings is 1. The Morgan fingerprint density at radius 3 is 2.67 bits per heavy atom. The number of hydroxylamine groups is 1. The van der Waals surface area contributed by atoms with E-state index in [1.165, 1.54) is 6.92 Å². The van der Waals surface area contributed by atoms with Gasteiger partial charge in [0.05, 0.1) is 25.8 Å². The molecular weight excluding hydrogens is 324 g/mol. The highest BCUT2D eigenvalue weighted by Gasteiger charge is 2.27. The summed E-state index contributed by atoms with van der Waals surface area (Å²) in [5.41, 5.74) is 7.84. The van der Waals surface area contributed by atoms with E-state index in [1.807, 2.05) is 0 Å². The topological polar surface area (TPSA) is 167 Å². The number of carbonyl (C=O) groups excluding carboxylic acids is 3. The molecule has 1 heterocycles. The third-order valence-corrected chi connectivity index (χ3v) is 2.75. The maximum absolute atomic E-state index is 11.9. The van der Waals surface area contributed by atoms with Crippen molar-refractivity contribution in [3.63, 3.8) is 0 Å². The van der Waals surface area contributed by atoms with Gasteiger partial charge in [0.15, 0.2) is 11.5 Å². The molecule has 0 saturated heterocycles. The molecule has 0 aliphatic carbocycles. The van der Waals surface area contributed by atoms with Gasteiger partial charge in [0.2, 0.25) is 5.78 Å².